The zero-order valence-corrected chi connectivity index (χ0v) is 15.9. The Morgan fingerprint density at radius 3 is 2.89 bits per heavy atom. The van der Waals surface area contributed by atoms with Gasteiger partial charge >= 0.3 is 0 Å². The maximum atomic E-state index is 12.1. The summed E-state index contributed by atoms with van der Waals surface area (Å²) in [6.45, 7) is 3.74. The van der Waals surface area contributed by atoms with Crippen LogP contribution in [0.25, 0.3) is 0 Å². The number of hydrogen-bond acceptors (Lipinski definition) is 7. The van der Waals surface area contributed by atoms with Crippen LogP contribution in [0.15, 0.2) is 24.3 Å². The number of methoxy groups -OCH3 is 1. The number of nitrogens with two attached hydrogens (primary N) is 1. The lowest BCUT2D eigenvalue weighted by molar-refractivity contribution is 0.0962. The topological polar surface area (TPSA) is 103 Å². The van der Waals surface area contributed by atoms with E-state index >= 15 is 0 Å². The van der Waals surface area contributed by atoms with Crippen LogP contribution >= 0.6 is 0 Å². The molecule has 2 heterocycles. The summed E-state index contributed by atoms with van der Waals surface area (Å²) in [5.74, 6) is 1.52. The molecule has 3 rings (SSSR count). The molecule has 1 aliphatic heterocycles. The van der Waals surface area contributed by atoms with Crippen molar-refractivity contribution in [3.8, 4) is 5.75 Å². The van der Waals surface area contributed by atoms with Gasteiger partial charge in [-0.05, 0) is 31.5 Å². The van der Waals surface area contributed by atoms with Crippen LogP contribution in [0, 0.1) is 6.92 Å². The zero-order valence-electron chi connectivity index (χ0n) is 15.9. The Hall–Kier alpha value is -2.87. The van der Waals surface area contributed by atoms with E-state index in [1.165, 1.54) is 0 Å². The number of ether oxygens (including phenoxy) is 2. The largest absolute Gasteiger partial charge is 0.496 e. The molecule has 1 fully saturated rings. The van der Waals surface area contributed by atoms with Crippen LogP contribution in [-0.2, 0) is 4.74 Å². The van der Waals surface area contributed by atoms with Crippen LogP contribution < -0.4 is 20.7 Å². The molecule has 1 aromatic heterocycles. The summed E-state index contributed by atoms with van der Waals surface area (Å²) in [7, 11) is 3.23. The third-order valence-corrected chi connectivity index (χ3v) is 4.57. The van der Waals surface area contributed by atoms with Gasteiger partial charge in [0.15, 0.2) is 0 Å². The van der Waals surface area contributed by atoms with Crippen LogP contribution in [0.2, 0.25) is 0 Å². The Morgan fingerprint density at radius 2 is 2.19 bits per heavy atom. The third kappa shape index (κ3) is 4.11. The molecule has 1 atom stereocenters. The molecule has 8 nitrogen and oxygen atoms in total. The highest BCUT2D eigenvalue weighted by atomic mass is 16.5. The van der Waals surface area contributed by atoms with E-state index in [2.05, 4.69) is 20.2 Å². The van der Waals surface area contributed by atoms with Crippen molar-refractivity contribution in [2.75, 3.05) is 44.5 Å². The predicted molar refractivity (Wildman–Crippen MR) is 103 cm³/mol. The maximum absolute atomic E-state index is 12.1. The lowest BCUT2D eigenvalue weighted by Gasteiger charge is -2.32. The number of rotatable bonds is 4. The highest BCUT2D eigenvalue weighted by molar-refractivity contribution is 5.94. The molecule has 1 amide bonds. The van der Waals surface area contributed by atoms with E-state index in [9.17, 15) is 4.79 Å². The van der Waals surface area contributed by atoms with Crippen molar-refractivity contribution in [3.63, 3.8) is 0 Å². The summed E-state index contributed by atoms with van der Waals surface area (Å²) >= 11 is 0. The molecule has 2 aromatic rings. The zero-order chi connectivity index (χ0) is 19.4. The lowest BCUT2D eigenvalue weighted by Crippen LogP contribution is -2.32. The summed E-state index contributed by atoms with van der Waals surface area (Å²) in [6, 6.07) is 7.14. The number of nitrogens with one attached hydrogen (secondary N) is 1. The third-order valence-electron chi connectivity index (χ3n) is 4.57. The number of carbonyl (C=O) groups is 1. The summed E-state index contributed by atoms with van der Waals surface area (Å²) in [6.07, 6.45) is 0.858. The van der Waals surface area contributed by atoms with Gasteiger partial charge in [0.05, 0.1) is 19.8 Å². The Morgan fingerprint density at radius 1 is 1.37 bits per heavy atom. The van der Waals surface area contributed by atoms with E-state index in [0.29, 0.717) is 24.5 Å². The molecule has 0 saturated carbocycles. The first-order valence-electron chi connectivity index (χ1n) is 8.89. The maximum Gasteiger partial charge on any atom is 0.251 e. The number of aromatic nitrogens is 2. The first-order chi connectivity index (χ1) is 13.0. The minimum absolute atomic E-state index is 0.151. The van der Waals surface area contributed by atoms with E-state index in [-0.39, 0.29) is 17.9 Å². The molecule has 0 spiro atoms. The van der Waals surface area contributed by atoms with Crippen LogP contribution in [0.5, 0.6) is 5.75 Å². The fraction of sp³-hybridized carbons (Fsp3) is 0.421. The summed E-state index contributed by atoms with van der Waals surface area (Å²) < 4.78 is 11.4. The summed E-state index contributed by atoms with van der Waals surface area (Å²) in [5, 5.41) is 2.66. The second kappa shape index (κ2) is 8.22. The van der Waals surface area contributed by atoms with Gasteiger partial charge in [0.2, 0.25) is 5.95 Å². The molecule has 0 radical (unpaired) electrons. The molecule has 0 bridgehead atoms. The van der Waals surface area contributed by atoms with E-state index in [4.69, 9.17) is 15.2 Å². The van der Waals surface area contributed by atoms with Gasteiger partial charge in [0, 0.05) is 43.1 Å². The van der Waals surface area contributed by atoms with E-state index in [1.54, 1.807) is 20.2 Å². The number of hydrogen-bond donors (Lipinski definition) is 2. The summed E-state index contributed by atoms with van der Waals surface area (Å²) in [5.41, 5.74) is 8.10. The Bertz CT molecular complexity index is 807. The second-order valence-corrected chi connectivity index (χ2v) is 6.40. The van der Waals surface area contributed by atoms with Crippen molar-refractivity contribution in [1.29, 1.82) is 0 Å². The first kappa shape index (κ1) is 18.9. The number of anilines is 2. The fourth-order valence-electron chi connectivity index (χ4n) is 3.31. The van der Waals surface area contributed by atoms with E-state index < -0.39 is 0 Å². The van der Waals surface area contributed by atoms with Gasteiger partial charge < -0.3 is 25.4 Å². The molecule has 27 heavy (non-hydrogen) atoms. The Balaban J connectivity index is 2.09. The smallest absolute Gasteiger partial charge is 0.251 e. The van der Waals surface area contributed by atoms with Crippen molar-refractivity contribution < 1.29 is 14.3 Å². The predicted octanol–water partition coefficient (Wildman–Crippen LogP) is 1.70. The molecular formula is C19H25N5O3. The van der Waals surface area contributed by atoms with Crippen molar-refractivity contribution in [3.05, 3.63) is 41.1 Å². The van der Waals surface area contributed by atoms with Crippen molar-refractivity contribution in [2.24, 2.45) is 0 Å². The lowest BCUT2D eigenvalue weighted by atomic mass is 10.0. The SMILES string of the molecule is CNC(=O)c1ccc(OC)c([C@@H]2COCCCN2c2cc(C)nc(N)n2)c1. The van der Waals surface area contributed by atoms with Gasteiger partial charge in [0.25, 0.3) is 5.91 Å². The first-order valence-corrected chi connectivity index (χ1v) is 8.89. The molecule has 8 heteroatoms. The van der Waals surface area contributed by atoms with Crippen LogP contribution in [0.1, 0.15) is 34.1 Å². The van der Waals surface area contributed by atoms with Gasteiger partial charge in [-0.2, -0.15) is 4.98 Å². The van der Waals surface area contributed by atoms with Crippen LogP contribution in [0.4, 0.5) is 11.8 Å². The highest BCUT2D eigenvalue weighted by Gasteiger charge is 2.28. The molecule has 144 valence electrons. The van der Waals surface area contributed by atoms with Crippen LogP contribution in [0.3, 0.4) is 0 Å². The summed E-state index contributed by atoms with van der Waals surface area (Å²) in [4.78, 5) is 22.9. The minimum Gasteiger partial charge on any atom is -0.496 e. The average Bonchev–Trinajstić information content (AvgIpc) is 2.92. The number of amides is 1. The van der Waals surface area contributed by atoms with Gasteiger partial charge in [-0.15, -0.1) is 0 Å². The minimum atomic E-state index is -0.166. The average molecular weight is 371 g/mol. The standard InChI is InChI=1S/C19H25N5O3/c1-12-9-17(23-19(20)22-12)24-7-4-8-27-11-15(24)14-10-13(18(25)21-2)5-6-16(14)26-3/h5-6,9-10,15H,4,7-8,11H2,1-3H3,(H,21,25)(H2,20,22,23)/t15-/m0/s1. The second-order valence-electron chi connectivity index (χ2n) is 6.40. The molecule has 0 unspecified atom stereocenters. The fourth-order valence-corrected chi connectivity index (χ4v) is 3.31. The van der Waals surface area contributed by atoms with Gasteiger partial charge in [0.1, 0.15) is 11.6 Å². The van der Waals surface area contributed by atoms with Gasteiger partial charge in [-0.25, -0.2) is 4.98 Å². The number of carbonyl (C=O) groups excluding carboxylic acids is 1. The molecule has 3 N–H and O–H groups in total. The number of nitrogens with zero attached hydrogens (tertiary/aromatic N) is 3. The number of benzene rings is 1. The number of aryl methyl sites for hydroxylation is 1. The van der Waals surface area contributed by atoms with Crippen molar-refractivity contribution in [1.82, 2.24) is 15.3 Å². The van der Waals surface area contributed by atoms with Gasteiger partial charge in [-0.1, -0.05) is 0 Å². The van der Waals surface area contributed by atoms with Crippen molar-refractivity contribution >= 4 is 17.7 Å². The monoisotopic (exact) mass is 371 g/mol. The molecule has 0 aliphatic carbocycles. The molecule has 1 aromatic carbocycles. The molecule has 1 saturated heterocycles. The normalized spacial score (nSPS) is 17.3. The van der Waals surface area contributed by atoms with Crippen LogP contribution in [-0.4, -0.2) is 49.8 Å². The molecule has 1 aliphatic rings. The molecular weight excluding hydrogens is 346 g/mol. The highest BCUT2D eigenvalue weighted by Crippen LogP contribution is 2.35. The number of nitrogen functional groups attached to an aromatic ring is 1. The Labute approximate surface area is 158 Å². The van der Waals surface area contributed by atoms with E-state index in [1.807, 2.05) is 25.1 Å². The Kier molecular flexibility index (Phi) is 5.75. The van der Waals surface area contributed by atoms with E-state index in [0.717, 1.165) is 30.0 Å². The quantitative estimate of drug-likeness (QED) is 0.843. The van der Waals surface area contributed by atoms with Crippen molar-refractivity contribution in [2.45, 2.75) is 19.4 Å². The van der Waals surface area contributed by atoms with Gasteiger partial charge in [-0.3, -0.25) is 4.79 Å².